The van der Waals surface area contributed by atoms with E-state index in [1.807, 2.05) is 0 Å². The molecule has 0 amide bonds. The van der Waals surface area contributed by atoms with Crippen LogP contribution in [0.1, 0.15) is 32.1 Å². The van der Waals surface area contributed by atoms with Gasteiger partial charge in [0.2, 0.25) is 0 Å². The number of hydrogen-bond donors (Lipinski definition) is 1. The Morgan fingerprint density at radius 2 is 1.93 bits per heavy atom. The molecule has 2 heteroatoms. The zero-order chi connectivity index (χ0) is 9.80. The number of rotatable bonds is 4. The fraction of sp³-hybridized carbons (Fsp3) is 1.00. The molecule has 1 N–H and O–H groups in total. The van der Waals surface area contributed by atoms with Crippen molar-refractivity contribution in [2.24, 2.45) is 11.8 Å². The van der Waals surface area contributed by atoms with Crippen LogP contribution in [0, 0.1) is 11.8 Å². The summed E-state index contributed by atoms with van der Waals surface area (Å²) in [7, 11) is 2.07. The monoisotopic (exact) mass is 196 g/mol. The van der Waals surface area contributed by atoms with E-state index in [0.29, 0.717) is 0 Å². The number of piperidine rings is 1. The Labute approximate surface area is 88.1 Å². The maximum atomic E-state index is 3.31. The van der Waals surface area contributed by atoms with Crippen LogP contribution in [-0.2, 0) is 0 Å². The molecule has 1 aliphatic heterocycles. The van der Waals surface area contributed by atoms with E-state index in [-0.39, 0.29) is 0 Å². The Balaban J connectivity index is 1.69. The van der Waals surface area contributed by atoms with E-state index in [9.17, 15) is 0 Å². The molecule has 1 atom stereocenters. The van der Waals surface area contributed by atoms with Crippen LogP contribution >= 0.6 is 0 Å². The van der Waals surface area contributed by atoms with Gasteiger partial charge in [0.15, 0.2) is 0 Å². The van der Waals surface area contributed by atoms with Gasteiger partial charge in [-0.1, -0.05) is 6.42 Å². The number of likely N-dealkylation sites (tertiary alicyclic amines) is 1. The van der Waals surface area contributed by atoms with Crippen LogP contribution in [0.4, 0.5) is 0 Å². The van der Waals surface area contributed by atoms with Crippen molar-refractivity contribution in [3.8, 4) is 0 Å². The summed E-state index contributed by atoms with van der Waals surface area (Å²) in [5.74, 6) is 1.96. The fourth-order valence-electron chi connectivity index (χ4n) is 2.81. The minimum atomic E-state index is 0.911. The second kappa shape index (κ2) is 5.13. The molecule has 14 heavy (non-hydrogen) atoms. The quantitative estimate of drug-likeness (QED) is 0.736. The van der Waals surface area contributed by atoms with E-state index >= 15 is 0 Å². The lowest BCUT2D eigenvalue weighted by molar-refractivity contribution is 0.124. The highest BCUT2D eigenvalue weighted by molar-refractivity contribution is 4.79. The Kier molecular flexibility index (Phi) is 3.82. The van der Waals surface area contributed by atoms with Crippen molar-refractivity contribution < 1.29 is 0 Å². The van der Waals surface area contributed by atoms with Crippen molar-refractivity contribution in [3.63, 3.8) is 0 Å². The summed E-state index contributed by atoms with van der Waals surface area (Å²) in [4.78, 5) is 2.70. The highest BCUT2D eigenvalue weighted by Crippen LogP contribution is 2.28. The number of nitrogens with one attached hydrogen (secondary N) is 1. The summed E-state index contributed by atoms with van der Waals surface area (Å²) in [6.45, 7) is 5.30. The molecule has 0 aromatic rings. The maximum absolute atomic E-state index is 3.31. The van der Waals surface area contributed by atoms with Gasteiger partial charge in [-0.05, 0) is 57.7 Å². The van der Waals surface area contributed by atoms with Gasteiger partial charge in [0.25, 0.3) is 0 Å². The van der Waals surface area contributed by atoms with Gasteiger partial charge in [-0.3, -0.25) is 0 Å². The molecule has 1 saturated carbocycles. The van der Waals surface area contributed by atoms with Crippen LogP contribution < -0.4 is 5.32 Å². The van der Waals surface area contributed by atoms with Crippen LogP contribution in [0.25, 0.3) is 0 Å². The van der Waals surface area contributed by atoms with E-state index in [0.717, 1.165) is 11.8 Å². The molecular formula is C12H24N2. The molecule has 0 aromatic heterocycles. The second-order valence-electron chi connectivity index (χ2n) is 5.12. The Hall–Kier alpha value is -0.0800. The van der Waals surface area contributed by atoms with Gasteiger partial charge in [-0.25, -0.2) is 0 Å². The zero-order valence-electron chi connectivity index (χ0n) is 9.47. The third-order valence-electron chi connectivity index (χ3n) is 3.84. The van der Waals surface area contributed by atoms with Crippen molar-refractivity contribution in [1.29, 1.82) is 0 Å². The maximum Gasteiger partial charge on any atom is 0.00219 e. The summed E-state index contributed by atoms with van der Waals surface area (Å²) >= 11 is 0. The van der Waals surface area contributed by atoms with Gasteiger partial charge >= 0.3 is 0 Å². The first-order valence-corrected chi connectivity index (χ1v) is 6.25. The molecule has 0 spiro atoms. The van der Waals surface area contributed by atoms with Crippen molar-refractivity contribution in [1.82, 2.24) is 10.2 Å². The largest absolute Gasteiger partial charge is 0.319 e. The minimum absolute atomic E-state index is 0.911. The summed E-state index contributed by atoms with van der Waals surface area (Å²) < 4.78 is 0. The standard InChI is InChI=1S/C12H24N2/c1-13-8-12-6-3-7-14(10-12)9-11-4-2-5-11/h11-13H,2-10H2,1H3. The third-order valence-corrected chi connectivity index (χ3v) is 3.84. The van der Waals surface area contributed by atoms with Crippen LogP contribution in [0.15, 0.2) is 0 Å². The highest BCUT2D eigenvalue weighted by Gasteiger charge is 2.24. The van der Waals surface area contributed by atoms with Crippen LogP contribution in [-0.4, -0.2) is 38.1 Å². The highest BCUT2D eigenvalue weighted by atomic mass is 15.1. The molecule has 0 aromatic carbocycles. The predicted octanol–water partition coefficient (Wildman–Crippen LogP) is 1.72. The van der Waals surface area contributed by atoms with Gasteiger partial charge < -0.3 is 10.2 Å². The Bertz CT molecular complexity index is 164. The normalized spacial score (nSPS) is 30.2. The van der Waals surface area contributed by atoms with E-state index in [4.69, 9.17) is 0 Å². The summed E-state index contributed by atoms with van der Waals surface area (Å²) in [6, 6.07) is 0. The number of nitrogens with zero attached hydrogens (tertiary/aromatic N) is 1. The molecule has 1 saturated heterocycles. The molecule has 1 heterocycles. The average molecular weight is 196 g/mol. The van der Waals surface area contributed by atoms with E-state index in [1.165, 1.54) is 58.3 Å². The summed E-state index contributed by atoms with van der Waals surface area (Å²) in [5.41, 5.74) is 0. The molecule has 2 rings (SSSR count). The van der Waals surface area contributed by atoms with E-state index < -0.39 is 0 Å². The van der Waals surface area contributed by atoms with Crippen molar-refractivity contribution in [2.75, 3.05) is 33.2 Å². The van der Waals surface area contributed by atoms with Gasteiger partial charge in [0, 0.05) is 13.1 Å². The molecule has 0 bridgehead atoms. The van der Waals surface area contributed by atoms with Crippen LogP contribution in [0.3, 0.4) is 0 Å². The van der Waals surface area contributed by atoms with Crippen molar-refractivity contribution >= 4 is 0 Å². The van der Waals surface area contributed by atoms with E-state index in [2.05, 4.69) is 17.3 Å². The lowest BCUT2D eigenvalue weighted by Crippen LogP contribution is -2.42. The molecule has 82 valence electrons. The lowest BCUT2D eigenvalue weighted by atomic mass is 9.84. The van der Waals surface area contributed by atoms with Gasteiger partial charge in [-0.15, -0.1) is 0 Å². The first-order chi connectivity index (χ1) is 6.88. The topological polar surface area (TPSA) is 15.3 Å². The third kappa shape index (κ3) is 2.71. The van der Waals surface area contributed by atoms with Crippen molar-refractivity contribution in [3.05, 3.63) is 0 Å². The smallest absolute Gasteiger partial charge is 0.00219 e. The first-order valence-electron chi connectivity index (χ1n) is 6.25. The van der Waals surface area contributed by atoms with Crippen molar-refractivity contribution in [2.45, 2.75) is 32.1 Å². The molecule has 1 unspecified atom stereocenters. The minimum Gasteiger partial charge on any atom is -0.319 e. The summed E-state index contributed by atoms with van der Waals surface area (Å²) in [5, 5.41) is 3.31. The second-order valence-corrected chi connectivity index (χ2v) is 5.12. The van der Waals surface area contributed by atoms with Crippen LogP contribution in [0.5, 0.6) is 0 Å². The Morgan fingerprint density at radius 3 is 2.57 bits per heavy atom. The SMILES string of the molecule is CNCC1CCCN(CC2CCC2)C1. The molecular weight excluding hydrogens is 172 g/mol. The molecule has 1 aliphatic carbocycles. The van der Waals surface area contributed by atoms with Gasteiger partial charge in [0.1, 0.15) is 0 Å². The Morgan fingerprint density at radius 1 is 1.14 bits per heavy atom. The molecule has 0 radical (unpaired) electrons. The first kappa shape index (κ1) is 10.4. The van der Waals surface area contributed by atoms with E-state index in [1.54, 1.807) is 0 Å². The lowest BCUT2D eigenvalue weighted by Gasteiger charge is -2.37. The zero-order valence-corrected chi connectivity index (χ0v) is 9.47. The average Bonchev–Trinajstić information content (AvgIpc) is 2.13. The van der Waals surface area contributed by atoms with Gasteiger partial charge in [-0.2, -0.15) is 0 Å². The molecule has 2 aliphatic rings. The summed E-state index contributed by atoms with van der Waals surface area (Å²) in [6.07, 6.45) is 7.32. The predicted molar refractivity (Wildman–Crippen MR) is 60.4 cm³/mol. The number of hydrogen-bond acceptors (Lipinski definition) is 2. The van der Waals surface area contributed by atoms with Gasteiger partial charge in [0.05, 0.1) is 0 Å². The van der Waals surface area contributed by atoms with Crippen LogP contribution in [0.2, 0.25) is 0 Å². The fourth-order valence-corrected chi connectivity index (χ4v) is 2.81. The molecule has 2 nitrogen and oxygen atoms in total. The molecule has 2 fully saturated rings.